The predicted molar refractivity (Wildman–Crippen MR) is 106 cm³/mol. The van der Waals surface area contributed by atoms with Crippen molar-refractivity contribution in [2.45, 2.75) is 20.1 Å². The summed E-state index contributed by atoms with van der Waals surface area (Å²) in [4.78, 5) is 14.1. The van der Waals surface area contributed by atoms with E-state index in [4.69, 9.17) is 13.6 Å². The van der Waals surface area contributed by atoms with Crippen LogP contribution >= 0.6 is 0 Å². The van der Waals surface area contributed by atoms with Crippen molar-refractivity contribution in [2.24, 2.45) is 0 Å². The highest BCUT2D eigenvalue weighted by Gasteiger charge is 2.17. The molecule has 0 spiro atoms. The van der Waals surface area contributed by atoms with Gasteiger partial charge in [0.15, 0.2) is 5.76 Å². The number of hydrogen-bond acceptors (Lipinski definition) is 4. The van der Waals surface area contributed by atoms with Gasteiger partial charge in [-0.3, -0.25) is 4.79 Å². The van der Waals surface area contributed by atoms with E-state index in [0.29, 0.717) is 12.3 Å². The van der Waals surface area contributed by atoms with Crippen LogP contribution in [0.3, 0.4) is 0 Å². The molecule has 0 unspecified atom stereocenters. The molecule has 5 heteroatoms. The fourth-order valence-corrected chi connectivity index (χ4v) is 3.05. The van der Waals surface area contributed by atoms with Crippen molar-refractivity contribution in [1.82, 2.24) is 4.90 Å². The molecule has 2 aromatic heterocycles. The minimum atomic E-state index is -0.203. The zero-order valence-electron chi connectivity index (χ0n) is 15.8. The van der Waals surface area contributed by atoms with Crippen LogP contribution in [0.4, 0.5) is 0 Å². The van der Waals surface area contributed by atoms with Gasteiger partial charge in [-0.25, -0.2) is 0 Å². The maximum Gasteiger partial charge on any atom is 0.289 e. The summed E-state index contributed by atoms with van der Waals surface area (Å²) in [6.45, 7) is 2.52. The van der Waals surface area contributed by atoms with Crippen LogP contribution in [0.25, 0.3) is 10.8 Å². The fraction of sp³-hybridized carbons (Fsp3) is 0.174. The molecular formula is C23H21NO4. The maximum atomic E-state index is 12.5. The second-order valence-corrected chi connectivity index (χ2v) is 6.74. The van der Waals surface area contributed by atoms with E-state index >= 15 is 0 Å². The van der Waals surface area contributed by atoms with Crippen molar-refractivity contribution < 1.29 is 18.4 Å². The summed E-state index contributed by atoms with van der Waals surface area (Å²) in [5.74, 6) is 2.99. The molecule has 2 aromatic carbocycles. The molecule has 4 aromatic rings. The van der Waals surface area contributed by atoms with Crippen molar-refractivity contribution in [3.8, 4) is 5.75 Å². The SMILES string of the molecule is Cc1ccc(CN(C)C(=O)c2ccc(COc3ccc4ccccc4c3)o2)o1. The van der Waals surface area contributed by atoms with Crippen molar-refractivity contribution in [3.63, 3.8) is 0 Å². The van der Waals surface area contributed by atoms with E-state index in [-0.39, 0.29) is 18.3 Å². The molecule has 0 aliphatic heterocycles. The minimum Gasteiger partial charge on any atom is -0.486 e. The van der Waals surface area contributed by atoms with Gasteiger partial charge in [0, 0.05) is 7.05 Å². The number of carbonyl (C=O) groups is 1. The largest absolute Gasteiger partial charge is 0.486 e. The molecule has 0 radical (unpaired) electrons. The van der Waals surface area contributed by atoms with E-state index in [0.717, 1.165) is 28.0 Å². The normalized spacial score (nSPS) is 10.9. The van der Waals surface area contributed by atoms with E-state index in [1.54, 1.807) is 24.1 Å². The third-order valence-electron chi connectivity index (χ3n) is 4.51. The van der Waals surface area contributed by atoms with Crippen LogP contribution in [0.5, 0.6) is 5.75 Å². The Hall–Kier alpha value is -3.47. The molecule has 2 heterocycles. The van der Waals surface area contributed by atoms with E-state index in [2.05, 4.69) is 6.07 Å². The van der Waals surface area contributed by atoms with Crippen molar-refractivity contribution in [2.75, 3.05) is 7.05 Å². The number of ether oxygens (including phenoxy) is 1. The van der Waals surface area contributed by atoms with Crippen LogP contribution in [0, 0.1) is 6.92 Å². The third-order valence-corrected chi connectivity index (χ3v) is 4.51. The van der Waals surface area contributed by atoms with Crippen LogP contribution in [0.1, 0.15) is 27.8 Å². The number of aryl methyl sites for hydroxylation is 1. The van der Waals surface area contributed by atoms with E-state index in [9.17, 15) is 4.79 Å². The lowest BCUT2D eigenvalue weighted by Crippen LogP contribution is -2.25. The first-order valence-corrected chi connectivity index (χ1v) is 9.09. The van der Waals surface area contributed by atoms with E-state index < -0.39 is 0 Å². The maximum absolute atomic E-state index is 12.5. The second-order valence-electron chi connectivity index (χ2n) is 6.74. The molecule has 0 aliphatic carbocycles. The number of benzene rings is 2. The van der Waals surface area contributed by atoms with E-state index in [1.165, 1.54) is 0 Å². The van der Waals surface area contributed by atoms with E-state index in [1.807, 2.05) is 55.5 Å². The number of rotatable bonds is 6. The monoisotopic (exact) mass is 375 g/mol. The highest BCUT2D eigenvalue weighted by Crippen LogP contribution is 2.22. The van der Waals surface area contributed by atoms with Crippen molar-refractivity contribution in [3.05, 3.63) is 89.8 Å². The number of fused-ring (bicyclic) bond motifs is 1. The minimum absolute atomic E-state index is 0.203. The van der Waals surface area contributed by atoms with Gasteiger partial charge >= 0.3 is 0 Å². The molecule has 0 fully saturated rings. The summed E-state index contributed by atoms with van der Waals surface area (Å²) >= 11 is 0. The van der Waals surface area contributed by atoms with Gasteiger partial charge in [-0.05, 0) is 54.1 Å². The van der Waals surface area contributed by atoms with Gasteiger partial charge in [0.05, 0.1) is 6.54 Å². The average molecular weight is 375 g/mol. The number of furan rings is 2. The summed E-state index contributed by atoms with van der Waals surface area (Å²) in [6, 6.07) is 21.2. The zero-order valence-corrected chi connectivity index (χ0v) is 15.8. The summed E-state index contributed by atoms with van der Waals surface area (Å²) in [5.41, 5.74) is 0. The summed E-state index contributed by atoms with van der Waals surface area (Å²) in [7, 11) is 1.72. The number of amides is 1. The molecular weight excluding hydrogens is 354 g/mol. The first kappa shape index (κ1) is 17.9. The molecule has 0 aliphatic rings. The average Bonchev–Trinajstić information content (AvgIpc) is 3.34. The summed E-state index contributed by atoms with van der Waals surface area (Å²) in [6.07, 6.45) is 0. The Morgan fingerprint density at radius 3 is 2.50 bits per heavy atom. The Morgan fingerprint density at radius 1 is 0.929 bits per heavy atom. The van der Waals surface area contributed by atoms with Crippen LogP contribution in [0.2, 0.25) is 0 Å². The molecule has 1 amide bonds. The Morgan fingerprint density at radius 2 is 1.71 bits per heavy atom. The van der Waals surface area contributed by atoms with Crippen molar-refractivity contribution >= 4 is 16.7 Å². The van der Waals surface area contributed by atoms with Crippen LogP contribution in [0.15, 0.2) is 75.6 Å². The highest BCUT2D eigenvalue weighted by molar-refractivity contribution is 5.91. The predicted octanol–water partition coefficient (Wildman–Crippen LogP) is 5.19. The molecule has 142 valence electrons. The Balaban J connectivity index is 1.38. The fourth-order valence-electron chi connectivity index (χ4n) is 3.05. The van der Waals surface area contributed by atoms with Crippen molar-refractivity contribution in [1.29, 1.82) is 0 Å². The van der Waals surface area contributed by atoms with Crippen LogP contribution in [-0.4, -0.2) is 17.9 Å². The first-order valence-electron chi connectivity index (χ1n) is 9.09. The molecule has 5 nitrogen and oxygen atoms in total. The van der Waals surface area contributed by atoms with Gasteiger partial charge in [0.25, 0.3) is 5.91 Å². The van der Waals surface area contributed by atoms with Crippen LogP contribution in [-0.2, 0) is 13.2 Å². The van der Waals surface area contributed by atoms with Gasteiger partial charge in [-0.2, -0.15) is 0 Å². The summed E-state index contributed by atoms with van der Waals surface area (Å²) in [5, 5.41) is 2.28. The standard InChI is InChI=1S/C23H21NO4/c1-16-7-9-20(27-16)14-24(2)23(25)22-12-11-21(28-22)15-26-19-10-8-17-5-3-4-6-18(17)13-19/h3-13H,14-15H2,1-2H3. The topological polar surface area (TPSA) is 55.8 Å². The van der Waals surface area contributed by atoms with Gasteiger partial charge < -0.3 is 18.5 Å². The van der Waals surface area contributed by atoms with Gasteiger partial charge in [0.1, 0.15) is 29.6 Å². The van der Waals surface area contributed by atoms with Gasteiger partial charge in [-0.15, -0.1) is 0 Å². The molecule has 28 heavy (non-hydrogen) atoms. The Labute approximate surface area is 163 Å². The van der Waals surface area contributed by atoms with Gasteiger partial charge in [0.2, 0.25) is 0 Å². The number of carbonyl (C=O) groups excluding carboxylic acids is 1. The molecule has 0 atom stereocenters. The number of hydrogen-bond donors (Lipinski definition) is 0. The molecule has 0 bridgehead atoms. The number of nitrogens with zero attached hydrogens (tertiary/aromatic N) is 1. The quantitative estimate of drug-likeness (QED) is 0.466. The molecule has 4 rings (SSSR count). The lowest BCUT2D eigenvalue weighted by Gasteiger charge is -2.13. The smallest absolute Gasteiger partial charge is 0.289 e. The van der Waals surface area contributed by atoms with Gasteiger partial charge in [-0.1, -0.05) is 30.3 Å². The van der Waals surface area contributed by atoms with Crippen LogP contribution < -0.4 is 4.74 Å². The highest BCUT2D eigenvalue weighted by atomic mass is 16.5. The Kier molecular flexibility index (Phi) is 4.89. The lowest BCUT2D eigenvalue weighted by atomic mass is 10.1. The second kappa shape index (κ2) is 7.64. The lowest BCUT2D eigenvalue weighted by molar-refractivity contribution is 0.0739. The third kappa shape index (κ3) is 3.93. The Bertz CT molecular complexity index is 1110. The zero-order chi connectivity index (χ0) is 19.5. The molecule has 0 saturated heterocycles. The summed E-state index contributed by atoms with van der Waals surface area (Å²) < 4.78 is 17.0. The molecule has 0 saturated carbocycles. The first-order chi connectivity index (χ1) is 13.6. The molecule has 0 N–H and O–H groups in total.